The van der Waals surface area contributed by atoms with Crippen LogP contribution in [-0.4, -0.2) is 31.5 Å². The molecule has 0 aliphatic carbocycles. The van der Waals surface area contributed by atoms with Gasteiger partial charge in [-0.25, -0.2) is 4.98 Å². The molecule has 0 bridgehead atoms. The summed E-state index contributed by atoms with van der Waals surface area (Å²) in [6.45, 7) is 10.9. The number of carbonyl (C=O) groups is 1. The fourth-order valence-corrected chi connectivity index (χ4v) is 3.81. The standard InChI is InChI=1S/C25H35N5OS/c1-7-24(31)29-19-8-10-21(11-9-19)32-25-16-20(28-23(27-6)14-17(2)3)15-22(30-25)18(4)12-13-26-5/h8-11,14-16,18,26-27H,2,7,12-13H2,1,3-6H3,(H,28,30)(H,29,31)/b23-14+. The lowest BCUT2D eigenvalue weighted by Crippen LogP contribution is -2.16. The Kier molecular flexibility index (Phi) is 10.3. The number of amides is 1. The molecule has 1 atom stereocenters. The van der Waals surface area contributed by atoms with Gasteiger partial charge in [0, 0.05) is 35.4 Å². The average Bonchev–Trinajstić information content (AvgIpc) is 2.77. The first-order chi connectivity index (χ1) is 15.3. The van der Waals surface area contributed by atoms with Crippen molar-refractivity contribution in [3.05, 3.63) is 66.1 Å². The van der Waals surface area contributed by atoms with Gasteiger partial charge in [-0.3, -0.25) is 4.79 Å². The highest BCUT2D eigenvalue weighted by Crippen LogP contribution is 2.32. The molecule has 7 heteroatoms. The zero-order valence-corrected chi connectivity index (χ0v) is 20.5. The summed E-state index contributed by atoms with van der Waals surface area (Å²) in [5, 5.41) is 13.6. The minimum Gasteiger partial charge on any atom is -0.375 e. The van der Waals surface area contributed by atoms with Gasteiger partial charge in [0.15, 0.2) is 0 Å². The van der Waals surface area contributed by atoms with Crippen molar-refractivity contribution in [1.29, 1.82) is 0 Å². The molecule has 0 aliphatic rings. The lowest BCUT2D eigenvalue weighted by Gasteiger charge is -2.17. The Balaban J connectivity index is 2.29. The quantitative estimate of drug-likeness (QED) is 0.325. The van der Waals surface area contributed by atoms with Crippen LogP contribution >= 0.6 is 11.8 Å². The molecule has 0 aliphatic heterocycles. The molecule has 1 amide bonds. The highest BCUT2D eigenvalue weighted by molar-refractivity contribution is 7.99. The number of benzene rings is 1. The lowest BCUT2D eigenvalue weighted by molar-refractivity contribution is -0.115. The van der Waals surface area contributed by atoms with Gasteiger partial charge in [0.05, 0.1) is 0 Å². The van der Waals surface area contributed by atoms with Crippen LogP contribution in [0.1, 0.15) is 45.2 Å². The molecule has 1 heterocycles. The first-order valence-corrected chi connectivity index (χ1v) is 11.7. The molecule has 0 radical (unpaired) electrons. The third-order valence-electron chi connectivity index (χ3n) is 4.77. The van der Waals surface area contributed by atoms with Crippen molar-refractivity contribution in [3.63, 3.8) is 0 Å². The zero-order valence-electron chi connectivity index (χ0n) is 19.7. The molecule has 0 fully saturated rings. The van der Waals surface area contributed by atoms with Crippen LogP contribution in [0.25, 0.3) is 0 Å². The predicted octanol–water partition coefficient (Wildman–Crippen LogP) is 5.34. The molecule has 172 valence electrons. The Morgan fingerprint density at radius 1 is 1.16 bits per heavy atom. The van der Waals surface area contributed by atoms with E-state index in [1.807, 2.05) is 58.3 Å². The fourth-order valence-electron chi connectivity index (χ4n) is 2.96. The SMILES string of the molecule is C=C(C)/C=C(\NC)Nc1cc(Sc2ccc(NC(=O)CC)cc2)nc(C(C)CCNC)c1. The molecule has 32 heavy (non-hydrogen) atoms. The van der Waals surface area contributed by atoms with Crippen molar-refractivity contribution in [2.75, 3.05) is 31.3 Å². The molecule has 6 nitrogen and oxygen atoms in total. The third-order valence-corrected chi connectivity index (χ3v) is 5.70. The van der Waals surface area contributed by atoms with E-state index in [1.54, 1.807) is 11.8 Å². The number of hydrogen-bond acceptors (Lipinski definition) is 6. The van der Waals surface area contributed by atoms with Crippen LogP contribution < -0.4 is 21.3 Å². The fraction of sp³-hybridized carbons (Fsp3) is 0.360. The molecule has 1 aromatic heterocycles. The van der Waals surface area contributed by atoms with Gasteiger partial charge in [0.1, 0.15) is 10.8 Å². The number of nitrogens with zero attached hydrogens (tertiary/aromatic N) is 1. The molecule has 1 unspecified atom stereocenters. The first-order valence-electron chi connectivity index (χ1n) is 10.9. The number of allylic oxidation sites excluding steroid dienone is 2. The van der Waals surface area contributed by atoms with E-state index in [2.05, 4.69) is 46.9 Å². The Morgan fingerprint density at radius 2 is 1.88 bits per heavy atom. The summed E-state index contributed by atoms with van der Waals surface area (Å²) in [5.41, 5.74) is 3.78. The van der Waals surface area contributed by atoms with Gasteiger partial charge >= 0.3 is 0 Å². The van der Waals surface area contributed by atoms with Crippen molar-refractivity contribution >= 4 is 29.0 Å². The van der Waals surface area contributed by atoms with Gasteiger partial charge in [-0.05, 0) is 75.3 Å². The van der Waals surface area contributed by atoms with Crippen molar-refractivity contribution in [2.24, 2.45) is 0 Å². The van der Waals surface area contributed by atoms with E-state index in [1.165, 1.54) is 0 Å². The van der Waals surface area contributed by atoms with Crippen molar-refractivity contribution in [1.82, 2.24) is 15.6 Å². The number of anilines is 2. The molecular weight excluding hydrogens is 418 g/mol. The van der Waals surface area contributed by atoms with Gasteiger partial charge in [-0.15, -0.1) is 0 Å². The molecule has 1 aromatic carbocycles. The van der Waals surface area contributed by atoms with E-state index in [-0.39, 0.29) is 5.91 Å². The largest absolute Gasteiger partial charge is 0.375 e. The molecule has 0 saturated carbocycles. The van der Waals surface area contributed by atoms with Crippen LogP contribution in [0, 0.1) is 0 Å². The molecular formula is C25H35N5OS. The summed E-state index contributed by atoms with van der Waals surface area (Å²) in [7, 11) is 3.85. The Bertz CT molecular complexity index is 940. The second-order valence-corrected chi connectivity index (χ2v) is 8.81. The summed E-state index contributed by atoms with van der Waals surface area (Å²) in [4.78, 5) is 17.6. The minimum atomic E-state index is 0.00852. The summed E-state index contributed by atoms with van der Waals surface area (Å²) < 4.78 is 0. The Morgan fingerprint density at radius 3 is 2.47 bits per heavy atom. The maximum atomic E-state index is 11.6. The number of pyridine rings is 1. The number of rotatable bonds is 12. The van der Waals surface area contributed by atoms with E-state index in [0.29, 0.717) is 12.3 Å². The van der Waals surface area contributed by atoms with E-state index < -0.39 is 0 Å². The first kappa shape index (κ1) is 25.5. The molecule has 0 saturated heterocycles. The highest BCUT2D eigenvalue weighted by atomic mass is 32.2. The number of nitrogens with one attached hydrogen (secondary N) is 4. The van der Waals surface area contributed by atoms with Crippen molar-refractivity contribution in [2.45, 2.75) is 49.5 Å². The van der Waals surface area contributed by atoms with Gasteiger partial charge in [0.25, 0.3) is 0 Å². The summed E-state index contributed by atoms with van der Waals surface area (Å²) in [6.07, 6.45) is 3.44. The summed E-state index contributed by atoms with van der Waals surface area (Å²) in [5.74, 6) is 1.21. The van der Waals surface area contributed by atoms with E-state index in [0.717, 1.165) is 51.3 Å². The second-order valence-electron chi connectivity index (χ2n) is 7.72. The second kappa shape index (κ2) is 12.9. The monoisotopic (exact) mass is 453 g/mol. The Labute approximate surface area is 196 Å². The lowest BCUT2D eigenvalue weighted by atomic mass is 10.0. The van der Waals surface area contributed by atoms with Gasteiger partial charge < -0.3 is 21.3 Å². The third kappa shape index (κ3) is 8.40. The maximum Gasteiger partial charge on any atom is 0.224 e. The molecule has 0 spiro atoms. The molecule has 2 aromatic rings. The van der Waals surface area contributed by atoms with Crippen LogP contribution in [0.2, 0.25) is 0 Å². The van der Waals surface area contributed by atoms with Crippen molar-refractivity contribution < 1.29 is 4.79 Å². The average molecular weight is 454 g/mol. The van der Waals surface area contributed by atoms with Crippen LogP contribution in [0.4, 0.5) is 11.4 Å². The van der Waals surface area contributed by atoms with Crippen LogP contribution in [-0.2, 0) is 4.79 Å². The van der Waals surface area contributed by atoms with E-state index in [9.17, 15) is 4.79 Å². The van der Waals surface area contributed by atoms with Crippen LogP contribution in [0.15, 0.2) is 70.4 Å². The zero-order chi connectivity index (χ0) is 23.5. The Hall–Kier alpha value is -2.77. The predicted molar refractivity (Wildman–Crippen MR) is 136 cm³/mol. The number of carbonyl (C=O) groups excluding carboxylic acids is 1. The topological polar surface area (TPSA) is 78.1 Å². The van der Waals surface area contributed by atoms with Gasteiger partial charge in [0.2, 0.25) is 5.91 Å². The summed E-state index contributed by atoms with van der Waals surface area (Å²) >= 11 is 1.60. The van der Waals surface area contributed by atoms with Crippen LogP contribution in [0.3, 0.4) is 0 Å². The van der Waals surface area contributed by atoms with Gasteiger partial charge in [-0.1, -0.05) is 37.8 Å². The van der Waals surface area contributed by atoms with Crippen molar-refractivity contribution in [3.8, 4) is 0 Å². The maximum absolute atomic E-state index is 11.6. The normalized spacial score (nSPS) is 12.2. The molecule has 2 rings (SSSR count). The van der Waals surface area contributed by atoms with Crippen LogP contribution in [0.5, 0.6) is 0 Å². The summed E-state index contributed by atoms with van der Waals surface area (Å²) in [6, 6.07) is 12.0. The minimum absolute atomic E-state index is 0.00852. The van der Waals surface area contributed by atoms with E-state index in [4.69, 9.17) is 4.98 Å². The van der Waals surface area contributed by atoms with E-state index >= 15 is 0 Å². The molecule has 4 N–H and O–H groups in total. The van der Waals surface area contributed by atoms with Gasteiger partial charge in [-0.2, -0.15) is 0 Å². The highest BCUT2D eigenvalue weighted by Gasteiger charge is 2.12. The number of hydrogen-bond donors (Lipinski definition) is 4. The number of aromatic nitrogens is 1. The smallest absolute Gasteiger partial charge is 0.224 e.